The molecule has 1 aromatic heterocycles. The molecule has 0 bridgehead atoms. The van der Waals surface area contributed by atoms with E-state index in [4.69, 9.17) is 24.7 Å². The van der Waals surface area contributed by atoms with Gasteiger partial charge in [-0.25, -0.2) is 14.2 Å². The number of nitrogens with zero attached hydrogens (tertiary/aromatic N) is 1. The van der Waals surface area contributed by atoms with Gasteiger partial charge >= 0.3 is 19.8 Å². The molecule has 138 valence electrons. The molecule has 0 spiro atoms. The molecule has 1 saturated heterocycles. The third kappa shape index (κ3) is 4.58. The number of phosphoric acid groups is 1. The van der Waals surface area contributed by atoms with Gasteiger partial charge in [-0.2, -0.15) is 4.57 Å². The highest BCUT2D eigenvalue weighted by molar-refractivity contribution is 7.46. The Bertz CT molecular complexity index is 700. The second kappa shape index (κ2) is 7.14. The van der Waals surface area contributed by atoms with Crippen LogP contribution in [0.4, 0.5) is 0 Å². The van der Waals surface area contributed by atoms with Gasteiger partial charge in [0.25, 0.3) is 6.23 Å². The van der Waals surface area contributed by atoms with Gasteiger partial charge in [-0.3, -0.25) is 4.52 Å². The molecule has 12 nitrogen and oxygen atoms in total. The number of carboxylic acid groups (broad SMARTS) is 2. The van der Waals surface area contributed by atoms with E-state index in [1.807, 2.05) is 0 Å². The molecule has 0 amide bonds. The summed E-state index contributed by atoms with van der Waals surface area (Å²) < 4.78 is 21.1. The van der Waals surface area contributed by atoms with Crippen molar-refractivity contribution in [1.82, 2.24) is 0 Å². The number of ether oxygens (including phenoxy) is 1. The highest BCUT2D eigenvalue weighted by Crippen LogP contribution is 2.37. The Morgan fingerprint density at radius 2 is 1.64 bits per heavy atom. The van der Waals surface area contributed by atoms with Crippen molar-refractivity contribution in [3.05, 3.63) is 29.6 Å². The minimum Gasteiger partial charge on any atom is -0.477 e. The maximum Gasteiger partial charge on any atom is 0.469 e. The molecule has 1 fully saturated rings. The van der Waals surface area contributed by atoms with E-state index in [9.17, 15) is 24.4 Å². The highest BCUT2D eigenvalue weighted by atomic mass is 31.2. The molecule has 0 saturated carbocycles. The van der Waals surface area contributed by atoms with Crippen LogP contribution in [0.2, 0.25) is 0 Å². The van der Waals surface area contributed by atoms with Crippen LogP contribution in [0, 0.1) is 0 Å². The molecule has 0 aliphatic carbocycles. The van der Waals surface area contributed by atoms with Crippen LogP contribution in [0.15, 0.2) is 18.5 Å². The van der Waals surface area contributed by atoms with Gasteiger partial charge in [-0.1, -0.05) is 0 Å². The molecule has 0 radical (unpaired) electrons. The molecule has 2 heterocycles. The minimum atomic E-state index is -4.83. The van der Waals surface area contributed by atoms with Crippen LogP contribution in [0.3, 0.4) is 0 Å². The second-order valence-corrected chi connectivity index (χ2v) is 6.44. The fourth-order valence-electron chi connectivity index (χ4n) is 2.27. The zero-order valence-corrected chi connectivity index (χ0v) is 13.3. The maximum absolute atomic E-state index is 11.1. The average Bonchev–Trinajstić information content (AvgIpc) is 2.79. The van der Waals surface area contributed by atoms with E-state index in [0.717, 1.165) is 23.0 Å². The van der Waals surface area contributed by atoms with E-state index < -0.39 is 62.0 Å². The number of aliphatic hydroxyl groups excluding tert-OH is 2. The molecule has 2 rings (SSSR count). The normalized spacial score (nSPS) is 26.6. The third-order valence-electron chi connectivity index (χ3n) is 3.42. The molecule has 13 heteroatoms. The number of pyridine rings is 1. The predicted octanol–water partition coefficient (Wildman–Crippen LogP) is -1.90. The van der Waals surface area contributed by atoms with Gasteiger partial charge in [0, 0.05) is 0 Å². The molecular formula is C12H15NO11P+. The summed E-state index contributed by atoms with van der Waals surface area (Å²) in [7, 11) is -4.83. The lowest BCUT2D eigenvalue weighted by Crippen LogP contribution is -2.47. The van der Waals surface area contributed by atoms with E-state index in [1.165, 1.54) is 0 Å². The van der Waals surface area contributed by atoms with Crippen LogP contribution >= 0.6 is 7.82 Å². The molecule has 0 aromatic carbocycles. The van der Waals surface area contributed by atoms with Crippen LogP contribution in [0.25, 0.3) is 0 Å². The summed E-state index contributed by atoms with van der Waals surface area (Å²) in [6.07, 6.45) is -3.98. The number of aliphatic hydroxyl groups is 2. The number of carbonyl (C=O) groups is 2. The first-order valence-corrected chi connectivity index (χ1v) is 8.26. The highest BCUT2D eigenvalue weighted by Gasteiger charge is 2.49. The van der Waals surface area contributed by atoms with Crippen molar-refractivity contribution in [3.63, 3.8) is 0 Å². The quantitative estimate of drug-likeness (QED) is 0.238. The minimum absolute atomic E-state index is 0.403. The van der Waals surface area contributed by atoms with Crippen molar-refractivity contribution >= 4 is 19.8 Å². The van der Waals surface area contributed by atoms with Gasteiger partial charge in [0.15, 0.2) is 18.5 Å². The van der Waals surface area contributed by atoms with E-state index >= 15 is 0 Å². The Morgan fingerprint density at radius 1 is 1.12 bits per heavy atom. The lowest BCUT2D eigenvalue weighted by atomic mass is 10.1. The Kier molecular flexibility index (Phi) is 5.54. The summed E-state index contributed by atoms with van der Waals surface area (Å²) >= 11 is 0. The fraction of sp³-hybridized carbons (Fsp3) is 0.417. The predicted molar refractivity (Wildman–Crippen MR) is 74.5 cm³/mol. The van der Waals surface area contributed by atoms with Gasteiger partial charge in [0.05, 0.1) is 6.61 Å². The summed E-state index contributed by atoms with van der Waals surface area (Å²) in [4.78, 5) is 39.5. The lowest BCUT2D eigenvalue weighted by Gasteiger charge is -2.13. The molecule has 4 atom stereocenters. The lowest BCUT2D eigenvalue weighted by molar-refractivity contribution is -0.766. The Balaban J connectivity index is 2.30. The standard InChI is InChI=1S/C12H14NO11P/c14-8-7(4-23-25(20,21)22)24-10(9(8)15)13-2-5(11(16)17)1-6(3-13)12(18)19/h1-3,7-10,14-15H,4H2,(H3-,16,17,18,19,20,21,22)/p+1/t7-,8-,9-,10-/m1/s1. The van der Waals surface area contributed by atoms with Crippen molar-refractivity contribution in [2.45, 2.75) is 24.5 Å². The van der Waals surface area contributed by atoms with Crippen molar-refractivity contribution in [1.29, 1.82) is 0 Å². The molecule has 6 N–H and O–H groups in total. The number of aromatic carboxylic acids is 2. The number of rotatable bonds is 6. The van der Waals surface area contributed by atoms with Crippen molar-refractivity contribution in [3.8, 4) is 0 Å². The van der Waals surface area contributed by atoms with E-state index in [0.29, 0.717) is 0 Å². The van der Waals surface area contributed by atoms with Crippen LogP contribution in [0.1, 0.15) is 26.9 Å². The van der Waals surface area contributed by atoms with Crippen LogP contribution < -0.4 is 4.57 Å². The number of phosphoric ester groups is 1. The van der Waals surface area contributed by atoms with E-state index in [2.05, 4.69) is 4.52 Å². The Morgan fingerprint density at radius 3 is 2.08 bits per heavy atom. The van der Waals surface area contributed by atoms with Crippen LogP contribution in [-0.2, 0) is 13.8 Å². The summed E-state index contributed by atoms with van der Waals surface area (Å²) in [6, 6.07) is 0.896. The first kappa shape index (κ1) is 19.4. The Hall–Kier alpha value is -1.92. The van der Waals surface area contributed by atoms with Crippen LogP contribution in [-0.4, -0.2) is 67.1 Å². The van der Waals surface area contributed by atoms with E-state index in [-0.39, 0.29) is 0 Å². The van der Waals surface area contributed by atoms with Gasteiger partial charge in [0.2, 0.25) is 0 Å². The summed E-state index contributed by atoms with van der Waals surface area (Å²) in [5.41, 5.74) is -0.805. The van der Waals surface area contributed by atoms with Crippen LogP contribution in [0.5, 0.6) is 0 Å². The fourth-order valence-corrected chi connectivity index (χ4v) is 2.61. The Labute approximate surface area is 139 Å². The summed E-state index contributed by atoms with van der Waals surface area (Å²) in [5, 5.41) is 38.0. The summed E-state index contributed by atoms with van der Waals surface area (Å²) in [6.45, 7) is -0.746. The number of hydrogen-bond acceptors (Lipinski definition) is 7. The first-order valence-electron chi connectivity index (χ1n) is 6.73. The zero-order valence-electron chi connectivity index (χ0n) is 12.4. The SMILES string of the molecule is O=C(O)c1cc(C(=O)O)c[n+]([C@@H]2O[C@H](COP(=O)(O)O)[C@@H](O)[C@H]2O)c1. The van der Waals surface area contributed by atoms with Gasteiger partial charge in [-0.05, 0) is 6.07 Å². The molecule has 1 aliphatic rings. The monoisotopic (exact) mass is 380 g/mol. The third-order valence-corrected chi connectivity index (χ3v) is 3.90. The molecule has 25 heavy (non-hydrogen) atoms. The molecule has 1 aromatic rings. The van der Waals surface area contributed by atoms with Crippen molar-refractivity contribution in [2.24, 2.45) is 0 Å². The molecular weight excluding hydrogens is 365 g/mol. The van der Waals surface area contributed by atoms with Crippen molar-refractivity contribution in [2.75, 3.05) is 6.61 Å². The number of aromatic nitrogens is 1. The first-order chi connectivity index (χ1) is 11.5. The second-order valence-electron chi connectivity index (χ2n) is 5.20. The zero-order chi connectivity index (χ0) is 18.9. The number of carboxylic acids is 2. The van der Waals surface area contributed by atoms with Gasteiger partial charge in [-0.15, -0.1) is 0 Å². The summed E-state index contributed by atoms with van der Waals surface area (Å²) in [5.74, 6) is -2.85. The molecule has 0 unspecified atom stereocenters. The van der Waals surface area contributed by atoms with E-state index in [1.54, 1.807) is 0 Å². The smallest absolute Gasteiger partial charge is 0.469 e. The topological polar surface area (TPSA) is 195 Å². The number of hydrogen-bond donors (Lipinski definition) is 6. The molecule has 1 aliphatic heterocycles. The van der Waals surface area contributed by atoms with Crippen molar-refractivity contribution < 1.29 is 58.2 Å². The van der Waals surface area contributed by atoms with Gasteiger partial charge in [0.1, 0.15) is 23.3 Å². The van der Waals surface area contributed by atoms with Gasteiger partial charge < -0.3 is 34.9 Å². The maximum atomic E-state index is 11.1. The largest absolute Gasteiger partial charge is 0.477 e. The average molecular weight is 380 g/mol.